The maximum Gasteiger partial charge on any atom is 0.251 e. The first-order chi connectivity index (χ1) is 17.9. The molecule has 2 amide bonds. The molecule has 0 saturated heterocycles. The van der Waals surface area contributed by atoms with Crippen LogP contribution >= 0.6 is 11.8 Å². The average Bonchev–Trinajstić information content (AvgIpc) is 3.28. The van der Waals surface area contributed by atoms with Crippen molar-refractivity contribution in [2.75, 3.05) is 11.1 Å². The Morgan fingerprint density at radius 3 is 2.49 bits per heavy atom. The molecule has 0 fully saturated rings. The highest BCUT2D eigenvalue weighted by Gasteiger charge is 2.26. The molecule has 4 rings (SSSR count). The molecule has 0 aliphatic heterocycles. The van der Waals surface area contributed by atoms with Crippen LogP contribution in [0.4, 0.5) is 5.69 Å². The largest absolute Gasteiger partial charge is 0.342 e. The van der Waals surface area contributed by atoms with Gasteiger partial charge in [0.05, 0.1) is 11.8 Å². The van der Waals surface area contributed by atoms with Gasteiger partial charge < -0.3 is 15.2 Å². The summed E-state index contributed by atoms with van der Waals surface area (Å²) in [4.78, 5) is 25.8. The fourth-order valence-electron chi connectivity index (χ4n) is 4.05. The number of amides is 2. The van der Waals surface area contributed by atoms with Crippen LogP contribution in [0.2, 0.25) is 0 Å². The van der Waals surface area contributed by atoms with Crippen LogP contribution in [0.1, 0.15) is 41.6 Å². The Labute approximate surface area is 221 Å². The SMILES string of the molecule is C=CCn1c(SCC(=O)Nc2cccc3ccccc23)nnc1[C@H](NC(=O)c1ccc(C)cc1)C(C)C. The first kappa shape index (κ1) is 26.2. The second-order valence-corrected chi connectivity index (χ2v) is 10.1. The molecule has 190 valence electrons. The van der Waals surface area contributed by atoms with Crippen molar-refractivity contribution in [3.05, 3.63) is 96.3 Å². The number of aryl methyl sites for hydroxylation is 1. The molecule has 8 heteroatoms. The fourth-order valence-corrected chi connectivity index (χ4v) is 4.80. The molecule has 0 aliphatic rings. The summed E-state index contributed by atoms with van der Waals surface area (Å²) in [5.41, 5.74) is 2.45. The van der Waals surface area contributed by atoms with E-state index in [9.17, 15) is 9.59 Å². The van der Waals surface area contributed by atoms with Gasteiger partial charge in [-0.05, 0) is 36.4 Å². The van der Waals surface area contributed by atoms with Crippen LogP contribution in [-0.2, 0) is 11.3 Å². The van der Waals surface area contributed by atoms with Crippen LogP contribution in [-0.4, -0.2) is 32.3 Å². The summed E-state index contributed by atoms with van der Waals surface area (Å²) in [6.07, 6.45) is 1.76. The normalized spacial score (nSPS) is 11.9. The second-order valence-electron chi connectivity index (χ2n) is 9.16. The van der Waals surface area contributed by atoms with Crippen molar-refractivity contribution < 1.29 is 9.59 Å². The molecule has 0 saturated carbocycles. The lowest BCUT2D eigenvalue weighted by Crippen LogP contribution is -2.33. The Hall–Kier alpha value is -3.91. The molecule has 0 bridgehead atoms. The first-order valence-electron chi connectivity index (χ1n) is 12.2. The monoisotopic (exact) mass is 513 g/mol. The van der Waals surface area contributed by atoms with E-state index in [-0.39, 0.29) is 29.5 Å². The van der Waals surface area contributed by atoms with Crippen LogP contribution in [0.15, 0.2) is 84.5 Å². The molecule has 4 aromatic rings. The summed E-state index contributed by atoms with van der Waals surface area (Å²) < 4.78 is 1.91. The number of thioether (sulfide) groups is 1. The molecular formula is C29H31N5O2S. The molecule has 37 heavy (non-hydrogen) atoms. The Bertz CT molecular complexity index is 1410. The molecule has 0 unspecified atom stereocenters. The summed E-state index contributed by atoms with van der Waals surface area (Å²) in [5, 5.41) is 17.5. The molecular weight excluding hydrogens is 482 g/mol. The number of aromatic nitrogens is 3. The summed E-state index contributed by atoms with van der Waals surface area (Å²) in [6.45, 7) is 10.4. The Kier molecular flexibility index (Phi) is 8.40. The van der Waals surface area contributed by atoms with E-state index in [0.717, 1.165) is 22.0 Å². The van der Waals surface area contributed by atoms with Crippen LogP contribution in [0.5, 0.6) is 0 Å². The van der Waals surface area contributed by atoms with Crippen LogP contribution in [0, 0.1) is 12.8 Å². The molecule has 2 N–H and O–H groups in total. The lowest BCUT2D eigenvalue weighted by atomic mass is 10.0. The predicted octanol–water partition coefficient (Wildman–Crippen LogP) is 5.78. The molecule has 1 heterocycles. The molecule has 1 aromatic heterocycles. The zero-order chi connectivity index (χ0) is 26.4. The summed E-state index contributed by atoms with van der Waals surface area (Å²) >= 11 is 1.30. The van der Waals surface area contributed by atoms with Gasteiger partial charge in [-0.25, -0.2) is 0 Å². The van der Waals surface area contributed by atoms with Crippen LogP contribution < -0.4 is 10.6 Å². The maximum absolute atomic E-state index is 13.0. The molecule has 1 atom stereocenters. The number of fused-ring (bicyclic) bond motifs is 1. The van der Waals surface area contributed by atoms with E-state index in [2.05, 4.69) is 27.4 Å². The minimum atomic E-state index is -0.361. The highest BCUT2D eigenvalue weighted by Crippen LogP contribution is 2.27. The minimum absolute atomic E-state index is 0.0645. The number of carbonyl (C=O) groups is 2. The van der Waals surface area contributed by atoms with E-state index < -0.39 is 0 Å². The van der Waals surface area contributed by atoms with Gasteiger partial charge in [-0.3, -0.25) is 9.59 Å². The van der Waals surface area contributed by atoms with Gasteiger partial charge in [-0.2, -0.15) is 0 Å². The summed E-state index contributed by atoms with van der Waals surface area (Å²) in [6, 6.07) is 20.9. The topological polar surface area (TPSA) is 88.9 Å². The first-order valence-corrected chi connectivity index (χ1v) is 13.2. The zero-order valence-electron chi connectivity index (χ0n) is 21.3. The van der Waals surface area contributed by atoms with Gasteiger partial charge in [0.2, 0.25) is 5.91 Å². The third kappa shape index (κ3) is 6.27. The molecule has 0 radical (unpaired) electrons. The Balaban J connectivity index is 1.49. The average molecular weight is 514 g/mol. The van der Waals surface area contributed by atoms with E-state index in [0.29, 0.717) is 23.1 Å². The van der Waals surface area contributed by atoms with Crippen LogP contribution in [0.25, 0.3) is 10.8 Å². The number of nitrogens with one attached hydrogen (secondary N) is 2. The maximum atomic E-state index is 13.0. The van der Waals surface area contributed by atoms with Gasteiger partial charge >= 0.3 is 0 Å². The van der Waals surface area contributed by atoms with Gasteiger partial charge in [0, 0.05) is 23.2 Å². The minimum Gasteiger partial charge on any atom is -0.342 e. The number of hydrogen-bond acceptors (Lipinski definition) is 5. The van der Waals surface area contributed by atoms with Crippen molar-refractivity contribution in [2.24, 2.45) is 5.92 Å². The number of nitrogens with zero attached hydrogens (tertiary/aromatic N) is 3. The number of anilines is 1. The predicted molar refractivity (Wildman–Crippen MR) is 150 cm³/mol. The standard InChI is InChI=1S/C29H31N5O2S/c1-5-17-34-27(26(19(2)3)31-28(36)22-15-13-20(4)14-16-22)32-33-29(34)37-18-25(35)30-24-12-8-10-21-9-6-7-11-23(21)24/h5-16,19,26H,1,17-18H2,2-4H3,(H,30,35)(H,31,36)/t26-/m1/s1. The third-order valence-electron chi connectivity index (χ3n) is 6.00. The summed E-state index contributed by atoms with van der Waals surface area (Å²) in [5.74, 6) is 0.558. The quantitative estimate of drug-likeness (QED) is 0.207. The van der Waals surface area contributed by atoms with Crippen molar-refractivity contribution in [2.45, 2.75) is 38.5 Å². The number of benzene rings is 3. The number of allylic oxidation sites excluding steroid dienone is 1. The summed E-state index contributed by atoms with van der Waals surface area (Å²) in [7, 11) is 0. The fraction of sp³-hybridized carbons (Fsp3) is 0.241. The lowest BCUT2D eigenvalue weighted by molar-refractivity contribution is -0.113. The van der Waals surface area contributed by atoms with Gasteiger partial charge in [0.15, 0.2) is 11.0 Å². The second kappa shape index (κ2) is 11.9. The van der Waals surface area contributed by atoms with Crippen molar-refractivity contribution in [3.63, 3.8) is 0 Å². The van der Waals surface area contributed by atoms with E-state index in [1.807, 2.05) is 92.1 Å². The van der Waals surface area contributed by atoms with Gasteiger partial charge in [0.1, 0.15) is 0 Å². The molecule has 0 aliphatic carbocycles. The number of carbonyl (C=O) groups excluding carboxylic acids is 2. The van der Waals surface area contributed by atoms with Crippen molar-refractivity contribution in [1.82, 2.24) is 20.1 Å². The van der Waals surface area contributed by atoms with Crippen molar-refractivity contribution in [3.8, 4) is 0 Å². The zero-order valence-corrected chi connectivity index (χ0v) is 22.1. The third-order valence-corrected chi connectivity index (χ3v) is 6.97. The number of hydrogen-bond donors (Lipinski definition) is 2. The van der Waals surface area contributed by atoms with Gasteiger partial charge in [-0.1, -0.05) is 85.8 Å². The van der Waals surface area contributed by atoms with Crippen molar-refractivity contribution in [1.29, 1.82) is 0 Å². The van der Waals surface area contributed by atoms with E-state index in [4.69, 9.17) is 0 Å². The van der Waals surface area contributed by atoms with Gasteiger partial charge in [-0.15, -0.1) is 16.8 Å². The highest BCUT2D eigenvalue weighted by molar-refractivity contribution is 7.99. The molecule has 0 spiro atoms. The Morgan fingerprint density at radius 1 is 1.03 bits per heavy atom. The van der Waals surface area contributed by atoms with E-state index in [1.165, 1.54) is 11.8 Å². The smallest absolute Gasteiger partial charge is 0.251 e. The molecule has 7 nitrogen and oxygen atoms in total. The van der Waals surface area contributed by atoms with Gasteiger partial charge in [0.25, 0.3) is 5.91 Å². The van der Waals surface area contributed by atoms with E-state index in [1.54, 1.807) is 6.08 Å². The van der Waals surface area contributed by atoms with E-state index >= 15 is 0 Å². The molecule has 3 aromatic carbocycles. The highest BCUT2D eigenvalue weighted by atomic mass is 32.2. The number of rotatable bonds is 10. The van der Waals surface area contributed by atoms with Crippen molar-refractivity contribution >= 4 is 40.0 Å². The lowest BCUT2D eigenvalue weighted by Gasteiger charge is -2.22. The Morgan fingerprint density at radius 2 is 1.76 bits per heavy atom. The van der Waals surface area contributed by atoms with Crippen LogP contribution in [0.3, 0.4) is 0 Å².